The van der Waals surface area contributed by atoms with Crippen LogP contribution in [-0.2, 0) is 0 Å². The van der Waals surface area contributed by atoms with Gasteiger partial charge in [0.25, 0.3) is 0 Å². The van der Waals surface area contributed by atoms with Crippen LogP contribution < -0.4 is 0 Å². The van der Waals surface area contributed by atoms with Gasteiger partial charge >= 0.3 is 0 Å². The molecule has 0 atom stereocenters. The third-order valence-corrected chi connectivity index (χ3v) is 7.49. The van der Waals surface area contributed by atoms with Crippen LogP contribution in [0.1, 0.15) is 129 Å². The Morgan fingerprint density at radius 1 is 0.500 bits per heavy atom. The van der Waals surface area contributed by atoms with E-state index < -0.39 is 0 Å². The summed E-state index contributed by atoms with van der Waals surface area (Å²) in [5.41, 5.74) is 0. The zero-order valence-electron chi connectivity index (χ0n) is 17.0. The van der Waals surface area contributed by atoms with Gasteiger partial charge in [0.05, 0.1) is 0 Å². The summed E-state index contributed by atoms with van der Waals surface area (Å²) in [6, 6.07) is 0. The molecule has 0 bridgehead atoms. The van der Waals surface area contributed by atoms with Gasteiger partial charge in [0.2, 0.25) is 0 Å². The van der Waals surface area contributed by atoms with Crippen molar-refractivity contribution in [2.75, 3.05) is 0 Å². The van der Waals surface area contributed by atoms with E-state index in [9.17, 15) is 0 Å². The largest absolute Gasteiger partial charge is 0.0654 e. The highest BCUT2D eigenvalue weighted by Gasteiger charge is 2.30. The van der Waals surface area contributed by atoms with Gasteiger partial charge in [0.15, 0.2) is 0 Å². The number of rotatable bonds is 11. The molecule has 0 aliphatic heterocycles. The molecule has 0 spiro atoms. The van der Waals surface area contributed by atoms with Crippen LogP contribution in [0, 0.1) is 23.7 Å². The molecule has 0 radical (unpaired) electrons. The predicted molar refractivity (Wildman–Crippen MR) is 108 cm³/mol. The van der Waals surface area contributed by atoms with E-state index in [1.165, 1.54) is 57.8 Å². The summed E-state index contributed by atoms with van der Waals surface area (Å²) in [4.78, 5) is 0. The molecule has 0 unspecified atom stereocenters. The molecule has 0 nitrogen and oxygen atoms in total. The minimum absolute atomic E-state index is 1.07. The van der Waals surface area contributed by atoms with Gasteiger partial charge in [-0.25, -0.2) is 0 Å². The molecule has 142 valence electrons. The van der Waals surface area contributed by atoms with Gasteiger partial charge in [0.1, 0.15) is 0 Å². The second-order valence-corrected chi connectivity index (χ2v) is 9.23. The molecule has 0 aromatic rings. The normalized spacial score (nSPS) is 31.2. The zero-order valence-corrected chi connectivity index (χ0v) is 17.0. The molecule has 0 saturated heterocycles. The highest BCUT2D eigenvalue weighted by molar-refractivity contribution is 4.81. The van der Waals surface area contributed by atoms with Crippen LogP contribution in [-0.4, -0.2) is 0 Å². The van der Waals surface area contributed by atoms with E-state index in [1.807, 2.05) is 0 Å². The molecule has 0 aromatic heterocycles. The van der Waals surface area contributed by atoms with Crippen LogP contribution in [0.15, 0.2) is 0 Å². The lowest BCUT2D eigenvalue weighted by Crippen LogP contribution is -2.25. The molecule has 2 rings (SSSR count). The van der Waals surface area contributed by atoms with Crippen LogP contribution in [0.3, 0.4) is 0 Å². The fourth-order valence-corrected chi connectivity index (χ4v) is 5.58. The van der Waals surface area contributed by atoms with E-state index in [0.717, 1.165) is 23.7 Å². The summed E-state index contributed by atoms with van der Waals surface area (Å²) in [6.45, 7) is 4.70. The standard InChI is InChI=1S/C24H46/c1-3-5-6-7-8-9-10-11-12-22-15-19-24(20-16-22)23-17-13-21(4-2)14-18-23/h21-24H,3-20H2,1-2H3. The second kappa shape index (κ2) is 12.4. The first-order chi connectivity index (χ1) is 11.8. The summed E-state index contributed by atoms with van der Waals surface area (Å²) < 4.78 is 0. The molecule has 0 aromatic carbocycles. The summed E-state index contributed by atoms with van der Waals surface area (Å²) in [5.74, 6) is 4.38. The van der Waals surface area contributed by atoms with Crippen LogP contribution in [0.25, 0.3) is 0 Å². The fraction of sp³-hybridized carbons (Fsp3) is 1.00. The van der Waals surface area contributed by atoms with Crippen LogP contribution >= 0.6 is 0 Å². The molecular weight excluding hydrogens is 288 g/mol. The molecule has 0 N–H and O–H groups in total. The molecule has 2 fully saturated rings. The number of hydrogen-bond donors (Lipinski definition) is 0. The van der Waals surface area contributed by atoms with Gasteiger partial charge in [-0.3, -0.25) is 0 Å². The van der Waals surface area contributed by atoms with Crippen LogP contribution in [0.4, 0.5) is 0 Å². The maximum atomic E-state index is 2.39. The summed E-state index contributed by atoms with van der Waals surface area (Å²) in [6.07, 6.45) is 27.3. The smallest absolute Gasteiger partial charge is 0.0386 e. The highest BCUT2D eigenvalue weighted by Crippen LogP contribution is 2.42. The molecule has 2 aliphatic rings. The predicted octanol–water partition coefficient (Wildman–Crippen LogP) is 8.54. The van der Waals surface area contributed by atoms with E-state index in [2.05, 4.69) is 13.8 Å². The Bertz CT molecular complexity index is 278. The topological polar surface area (TPSA) is 0 Å². The first-order valence-electron chi connectivity index (χ1n) is 11.8. The van der Waals surface area contributed by atoms with Crippen molar-refractivity contribution >= 4 is 0 Å². The number of unbranched alkanes of at least 4 members (excludes halogenated alkanes) is 7. The van der Waals surface area contributed by atoms with Crippen molar-refractivity contribution in [3.8, 4) is 0 Å². The quantitative estimate of drug-likeness (QED) is 0.332. The lowest BCUT2D eigenvalue weighted by Gasteiger charge is -2.37. The average molecular weight is 335 g/mol. The molecule has 0 heterocycles. The van der Waals surface area contributed by atoms with E-state index in [-0.39, 0.29) is 0 Å². The van der Waals surface area contributed by atoms with Crippen molar-refractivity contribution in [1.82, 2.24) is 0 Å². The Hall–Kier alpha value is 0. The molecule has 2 saturated carbocycles. The molecule has 0 amide bonds. The molecule has 0 heteroatoms. The van der Waals surface area contributed by atoms with E-state index >= 15 is 0 Å². The lowest BCUT2D eigenvalue weighted by molar-refractivity contribution is 0.141. The minimum atomic E-state index is 1.07. The van der Waals surface area contributed by atoms with E-state index in [0.29, 0.717) is 0 Å². The minimum Gasteiger partial charge on any atom is -0.0654 e. The van der Waals surface area contributed by atoms with Crippen molar-refractivity contribution in [3.05, 3.63) is 0 Å². The van der Waals surface area contributed by atoms with Gasteiger partial charge in [-0.05, 0) is 49.4 Å². The summed E-state index contributed by atoms with van der Waals surface area (Å²) in [7, 11) is 0. The SMILES string of the molecule is CCCCCCCCCCC1CCC(C2CCC(CC)CC2)CC1. The lowest BCUT2D eigenvalue weighted by atomic mass is 9.68. The van der Waals surface area contributed by atoms with Crippen molar-refractivity contribution in [3.63, 3.8) is 0 Å². The molecule has 2 aliphatic carbocycles. The first kappa shape index (κ1) is 20.3. The Labute approximate surface area is 153 Å². The van der Waals surface area contributed by atoms with Gasteiger partial charge < -0.3 is 0 Å². The third-order valence-electron chi connectivity index (χ3n) is 7.49. The maximum absolute atomic E-state index is 2.39. The van der Waals surface area contributed by atoms with E-state index in [4.69, 9.17) is 0 Å². The second-order valence-electron chi connectivity index (χ2n) is 9.23. The van der Waals surface area contributed by atoms with Crippen molar-refractivity contribution in [2.24, 2.45) is 23.7 Å². The first-order valence-corrected chi connectivity index (χ1v) is 11.8. The van der Waals surface area contributed by atoms with Crippen molar-refractivity contribution in [2.45, 2.75) is 129 Å². The summed E-state index contributed by atoms with van der Waals surface area (Å²) in [5, 5.41) is 0. The van der Waals surface area contributed by atoms with Gasteiger partial charge in [-0.1, -0.05) is 104 Å². The monoisotopic (exact) mass is 334 g/mol. The van der Waals surface area contributed by atoms with Crippen molar-refractivity contribution < 1.29 is 0 Å². The molecular formula is C24H46. The number of hydrogen-bond acceptors (Lipinski definition) is 0. The Morgan fingerprint density at radius 2 is 0.958 bits per heavy atom. The van der Waals surface area contributed by atoms with E-state index in [1.54, 1.807) is 57.8 Å². The molecule has 24 heavy (non-hydrogen) atoms. The maximum Gasteiger partial charge on any atom is -0.0386 e. The Morgan fingerprint density at radius 3 is 1.46 bits per heavy atom. The van der Waals surface area contributed by atoms with Crippen LogP contribution in [0.2, 0.25) is 0 Å². The Balaban J connectivity index is 1.46. The van der Waals surface area contributed by atoms with Gasteiger partial charge in [-0.2, -0.15) is 0 Å². The fourth-order valence-electron chi connectivity index (χ4n) is 5.58. The van der Waals surface area contributed by atoms with Gasteiger partial charge in [0, 0.05) is 0 Å². The average Bonchev–Trinajstić information content (AvgIpc) is 2.64. The zero-order chi connectivity index (χ0) is 17.0. The van der Waals surface area contributed by atoms with Gasteiger partial charge in [-0.15, -0.1) is 0 Å². The third kappa shape index (κ3) is 7.49. The van der Waals surface area contributed by atoms with Crippen molar-refractivity contribution in [1.29, 1.82) is 0 Å². The van der Waals surface area contributed by atoms with Crippen LogP contribution in [0.5, 0.6) is 0 Å². The highest BCUT2D eigenvalue weighted by atomic mass is 14.4. The Kier molecular flexibility index (Phi) is 10.5. The summed E-state index contributed by atoms with van der Waals surface area (Å²) >= 11 is 0.